The van der Waals surface area contributed by atoms with Gasteiger partial charge in [0.2, 0.25) is 0 Å². The van der Waals surface area contributed by atoms with Crippen molar-refractivity contribution < 1.29 is 8.78 Å². The van der Waals surface area contributed by atoms with Crippen LogP contribution in [-0.2, 0) is 5.41 Å². The van der Waals surface area contributed by atoms with Crippen LogP contribution in [0.5, 0.6) is 0 Å². The van der Waals surface area contributed by atoms with Gasteiger partial charge in [-0.1, -0.05) is 39.8 Å². The van der Waals surface area contributed by atoms with Crippen LogP contribution >= 0.6 is 0 Å². The number of pyridine rings is 1. The fourth-order valence-corrected chi connectivity index (χ4v) is 3.54. The van der Waals surface area contributed by atoms with Gasteiger partial charge in [0.25, 0.3) is 0 Å². The Morgan fingerprint density at radius 1 is 1.21 bits per heavy atom. The Labute approximate surface area is 172 Å². The van der Waals surface area contributed by atoms with Crippen LogP contribution in [0.1, 0.15) is 58.3 Å². The third-order valence-corrected chi connectivity index (χ3v) is 5.58. The van der Waals surface area contributed by atoms with Crippen molar-refractivity contribution in [3.05, 3.63) is 65.5 Å². The summed E-state index contributed by atoms with van der Waals surface area (Å²) in [5.74, 6) is -0.277. The highest BCUT2D eigenvalue weighted by atomic mass is 19.1. The van der Waals surface area contributed by atoms with Crippen LogP contribution in [-0.4, -0.2) is 17.7 Å². The number of halogens is 2. The average molecular weight is 400 g/mol. The molecule has 0 fully saturated rings. The highest BCUT2D eigenvalue weighted by molar-refractivity contribution is 5.65. The zero-order valence-electron chi connectivity index (χ0n) is 17.9. The van der Waals surface area contributed by atoms with E-state index >= 15 is 0 Å². The summed E-state index contributed by atoms with van der Waals surface area (Å²) in [6.07, 6.45) is 4.40. The molecule has 1 unspecified atom stereocenters. The molecule has 0 radical (unpaired) electrons. The molecule has 5 heteroatoms. The first-order valence-corrected chi connectivity index (χ1v) is 10.2. The number of nitrogens with one attached hydrogen (secondary N) is 2. The molecule has 0 saturated carbocycles. The summed E-state index contributed by atoms with van der Waals surface area (Å²) in [7, 11) is 0. The third-order valence-electron chi connectivity index (χ3n) is 5.58. The summed E-state index contributed by atoms with van der Waals surface area (Å²) >= 11 is 0. The molecular weight excluding hydrogens is 368 g/mol. The maximum absolute atomic E-state index is 14.9. The fourth-order valence-electron chi connectivity index (χ4n) is 3.54. The summed E-state index contributed by atoms with van der Waals surface area (Å²) < 4.78 is 27.8. The highest BCUT2D eigenvalue weighted by Gasteiger charge is 2.23. The molecule has 0 aliphatic carbocycles. The van der Waals surface area contributed by atoms with Gasteiger partial charge in [-0.05, 0) is 36.2 Å². The maximum Gasteiger partial charge on any atom is 0.131 e. The van der Waals surface area contributed by atoms with Crippen molar-refractivity contribution in [3.63, 3.8) is 0 Å². The number of benzene rings is 1. The highest BCUT2D eigenvalue weighted by Crippen LogP contribution is 2.29. The lowest BCUT2D eigenvalue weighted by Gasteiger charge is -2.20. The van der Waals surface area contributed by atoms with Crippen LogP contribution in [0.2, 0.25) is 0 Å². The normalized spacial score (nSPS) is 18.7. The van der Waals surface area contributed by atoms with E-state index in [1.165, 1.54) is 0 Å². The molecule has 3 nitrogen and oxygen atoms in total. The minimum atomic E-state index is -0.340. The van der Waals surface area contributed by atoms with Crippen LogP contribution in [0, 0.1) is 11.7 Å². The number of hydrogen-bond acceptors (Lipinski definition) is 3. The van der Waals surface area contributed by atoms with Gasteiger partial charge in [-0.15, -0.1) is 0 Å². The summed E-state index contributed by atoms with van der Waals surface area (Å²) in [5, 5.41) is 6.65. The van der Waals surface area contributed by atoms with Gasteiger partial charge in [0.05, 0.1) is 6.67 Å². The van der Waals surface area contributed by atoms with Crippen molar-refractivity contribution in [1.29, 1.82) is 0 Å². The third kappa shape index (κ3) is 4.95. The Morgan fingerprint density at radius 2 is 1.97 bits per heavy atom. The monoisotopic (exact) mass is 399 g/mol. The molecule has 0 saturated heterocycles. The second kappa shape index (κ2) is 8.52. The number of nitrogens with zero attached hydrogens (tertiary/aromatic N) is 1. The quantitative estimate of drug-likeness (QED) is 0.660. The molecule has 156 valence electrons. The van der Waals surface area contributed by atoms with Gasteiger partial charge < -0.3 is 10.6 Å². The number of aromatic nitrogens is 1. The van der Waals surface area contributed by atoms with Crippen LogP contribution in [0.15, 0.2) is 48.4 Å². The van der Waals surface area contributed by atoms with E-state index in [1.807, 2.05) is 44.3 Å². The van der Waals surface area contributed by atoms with Crippen LogP contribution in [0.25, 0.3) is 11.1 Å². The van der Waals surface area contributed by atoms with Crippen molar-refractivity contribution in [3.8, 4) is 11.1 Å². The standard InChI is InChI=1S/C24H31F2N3/c1-15(13-25)22-12-19(14-28-22)29-16(2)17-6-7-20(21(26)10-17)18-8-9-27-23(11-18)24(3,4)5/h6-11,14-16,22,28-29H,12-13H2,1-5H3/t15-,16-,22?/m0/s1. The summed E-state index contributed by atoms with van der Waals surface area (Å²) in [5.41, 5.74) is 4.15. The smallest absolute Gasteiger partial charge is 0.131 e. The predicted molar refractivity (Wildman–Crippen MR) is 115 cm³/mol. The SMILES string of the molecule is C[C@H](NC1=CNC([C@@H](C)CF)C1)c1ccc(-c2ccnc(C(C)(C)C)c2)c(F)c1. The maximum atomic E-state index is 14.9. The van der Waals surface area contributed by atoms with Gasteiger partial charge in [-0.25, -0.2) is 4.39 Å². The fraction of sp³-hybridized carbons (Fsp3) is 0.458. The van der Waals surface area contributed by atoms with Gasteiger partial charge in [0.15, 0.2) is 0 Å². The molecule has 3 atom stereocenters. The lowest BCUT2D eigenvalue weighted by atomic mass is 9.89. The second-order valence-electron chi connectivity index (χ2n) is 9.06. The van der Waals surface area contributed by atoms with Crippen molar-refractivity contribution in [2.75, 3.05) is 6.67 Å². The zero-order chi connectivity index (χ0) is 21.2. The molecule has 1 aromatic carbocycles. The topological polar surface area (TPSA) is 37.0 Å². The van der Waals surface area contributed by atoms with Crippen molar-refractivity contribution >= 4 is 0 Å². The Hall–Kier alpha value is -2.43. The van der Waals surface area contributed by atoms with Gasteiger partial charge in [0, 0.05) is 59.2 Å². The first-order chi connectivity index (χ1) is 13.7. The molecule has 2 aromatic rings. The van der Waals surface area contributed by atoms with E-state index in [1.54, 1.807) is 12.3 Å². The second-order valence-corrected chi connectivity index (χ2v) is 9.06. The first-order valence-electron chi connectivity index (χ1n) is 10.2. The Kier molecular flexibility index (Phi) is 6.25. The number of alkyl halides is 1. The van der Waals surface area contributed by atoms with E-state index in [-0.39, 0.29) is 35.9 Å². The first kappa shape index (κ1) is 21.3. The van der Waals surface area contributed by atoms with Gasteiger partial charge in [-0.2, -0.15) is 0 Å². The number of rotatable bonds is 6. The molecule has 0 bridgehead atoms. The van der Waals surface area contributed by atoms with Gasteiger partial charge >= 0.3 is 0 Å². The lowest BCUT2D eigenvalue weighted by molar-refractivity contribution is 0.319. The lowest BCUT2D eigenvalue weighted by Crippen LogP contribution is -2.29. The Bertz CT molecular complexity index is 886. The van der Waals surface area contributed by atoms with E-state index in [9.17, 15) is 8.78 Å². The van der Waals surface area contributed by atoms with Crippen molar-refractivity contribution in [2.24, 2.45) is 5.92 Å². The van der Waals surface area contributed by atoms with E-state index < -0.39 is 0 Å². The zero-order valence-corrected chi connectivity index (χ0v) is 17.9. The van der Waals surface area contributed by atoms with Crippen LogP contribution < -0.4 is 10.6 Å². The van der Waals surface area contributed by atoms with Crippen LogP contribution in [0.4, 0.5) is 8.78 Å². The largest absolute Gasteiger partial charge is 0.386 e. The van der Waals surface area contributed by atoms with E-state index in [4.69, 9.17) is 0 Å². The minimum Gasteiger partial charge on any atom is -0.386 e. The summed E-state index contributed by atoms with van der Waals surface area (Å²) in [6, 6.07) is 9.25. The van der Waals surface area contributed by atoms with Gasteiger partial charge in [0.1, 0.15) is 5.82 Å². The molecule has 0 spiro atoms. The summed E-state index contributed by atoms with van der Waals surface area (Å²) in [4.78, 5) is 4.43. The molecule has 2 N–H and O–H groups in total. The van der Waals surface area contributed by atoms with Crippen molar-refractivity contribution in [2.45, 2.75) is 58.5 Å². The molecule has 2 heterocycles. The van der Waals surface area contributed by atoms with Crippen LogP contribution in [0.3, 0.4) is 0 Å². The van der Waals surface area contributed by atoms with E-state index in [2.05, 4.69) is 36.4 Å². The summed E-state index contributed by atoms with van der Waals surface area (Å²) in [6.45, 7) is 9.85. The molecular formula is C24H31F2N3. The Morgan fingerprint density at radius 3 is 2.62 bits per heavy atom. The minimum absolute atomic E-state index is 0.0315. The van der Waals surface area contributed by atoms with E-state index in [0.717, 1.165) is 28.9 Å². The molecule has 1 aliphatic heterocycles. The average Bonchev–Trinajstić information content (AvgIpc) is 3.15. The molecule has 1 aliphatic rings. The Balaban J connectivity index is 1.73. The van der Waals surface area contributed by atoms with E-state index in [0.29, 0.717) is 5.56 Å². The molecule has 0 amide bonds. The molecule has 3 rings (SSSR count). The number of hydrogen-bond donors (Lipinski definition) is 2. The molecule has 1 aromatic heterocycles. The predicted octanol–water partition coefficient (Wildman–Crippen LogP) is 5.64. The molecule has 29 heavy (non-hydrogen) atoms. The van der Waals surface area contributed by atoms with Crippen molar-refractivity contribution in [1.82, 2.24) is 15.6 Å². The van der Waals surface area contributed by atoms with Gasteiger partial charge in [-0.3, -0.25) is 9.37 Å².